The molecule has 5 heteroatoms. The first-order chi connectivity index (χ1) is 14.9. The van der Waals surface area contributed by atoms with E-state index in [1.54, 1.807) is 10.4 Å². The van der Waals surface area contributed by atoms with Crippen LogP contribution in [0.4, 0.5) is 5.69 Å². The lowest BCUT2D eigenvalue weighted by molar-refractivity contribution is 0.406. The van der Waals surface area contributed by atoms with Crippen molar-refractivity contribution in [1.82, 2.24) is 4.31 Å². The fourth-order valence-electron chi connectivity index (χ4n) is 4.09. The van der Waals surface area contributed by atoms with E-state index < -0.39 is 10.0 Å². The van der Waals surface area contributed by atoms with Gasteiger partial charge in [0, 0.05) is 43.6 Å². The molecule has 4 nitrogen and oxygen atoms in total. The molecule has 0 aliphatic heterocycles. The molecule has 0 bridgehead atoms. The highest BCUT2D eigenvalue weighted by atomic mass is 32.2. The number of benzene rings is 4. The summed E-state index contributed by atoms with van der Waals surface area (Å²) < 4.78 is 29.2. The molecule has 4 aromatic rings. The van der Waals surface area contributed by atoms with E-state index in [1.165, 1.54) is 0 Å². The van der Waals surface area contributed by atoms with Crippen LogP contribution in [0.15, 0.2) is 83.8 Å². The van der Waals surface area contributed by atoms with E-state index >= 15 is 0 Å². The van der Waals surface area contributed by atoms with E-state index in [0.717, 1.165) is 39.2 Å². The van der Waals surface area contributed by atoms with Crippen LogP contribution in [0.25, 0.3) is 21.5 Å². The van der Waals surface area contributed by atoms with Crippen LogP contribution in [0.2, 0.25) is 0 Å². The molecule has 160 valence electrons. The standard InChI is InChI=1S/C26H28N2O2S/c1-4-17-28(19-20-15-16-21-9-5-6-10-22(21)18-20)31(29,30)26-14-8-11-23-24(26)12-7-13-25(23)27(2)3/h5-16,18H,4,17,19H2,1-3H3. The number of hydrogen-bond donors (Lipinski definition) is 0. The van der Waals surface area contributed by atoms with Crippen LogP contribution in [0.1, 0.15) is 18.9 Å². The summed E-state index contributed by atoms with van der Waals surface area (Å²) in [6.07, 6.45) is 0.751. The van der Waals surface area contributed by atoms with Gasteiger partial charge in [-0.2, -0.15) is 4.31 Å². The lowest BCUT2D eigenvalue weighted by Crippen LogP contribution is -2.31. The van der Waals surface area contributed by atoms with E-state index in [4.69, 9.17) is 0 Å². The molecular formula is C26H28N2O2S. The third-order valence-corrected chi connectivity index (χ3v) is 7.51. The Morgan fingerprint density at radius 1 is 0.774 bits per heavy atom. The minimum Gasteiger partial charge on any atom is -0.377 e. The van der Waals surface area contributed by atoms with Crippen molar-refractivity contribution in [2.75, 3.05) is 25.5 Å². The van der Waals surface area contributed by atoms with Gasteiger partial charge in [-0.05, 0) is 41.0 Å². The van der Waals surface area contributed by atoms with Crippen LogP contribution in [0.5, 0.6) is 0 Å². The highest BCUT2D eigenvalue weighted by molar-refractivity contribution is 7.89. The quantitative estimate of drug-likeness (QED) is 0.378. The Hall–Kier alpha value is -2.89. The second kappa shape index (κ2) is 8.69. The van der Waals surface area contributed by atoms with Crippen molar-refractivity contribution >= 4 is 37.3 Å². The summed E-state index contributed by atoms with van der Waals surface area (Å²) in [5.74, 6) is 0. The van der Waals surface area contributed by atoms with Crippen LogP contribution in [0, 0.1) is 0 Å². The summed E-state index contributed by atoms with van der Waals surface area (Å²) in [5.41, 5.74) is 2.00. The van der Waals surface area contributed by atoms with E-state index in [-0.39, 0.29) is 0 Å². The summed E-state index contributed by atoms with van der Waals surface area (Å²) in [4.78, 5) is 2.38. The summed E-state index contributed by atoms with van der Waals surface area (Å²) in [5, 5.41) is 3.97. The first-order valence-electron chi connectivity index (χ1n) is 10.6. The van der Waals surface area contributed by atoms with Gasteiger partial charge in [-0.25, -0.2) is 8.42 Å². The maximum absolute atomic E-state index is 13.8. The van der Waals surface area contributed by atoms with E-state index in [9.17, 15) is 8.42 Å². The molecule has 0 fully saturated rings. The second-order valence-electron chi connectivity index (χ2n) is 8.04. The van der Waals surface area contributed by atoms with Crippen molar-refractivity contribution in [2.24, 2.45) is 0 Å². The van der Waals surface area contributed by atoms with Crippen LogP contribution in [0.3, 0.4) is 0 Å². The molecule has 0 saturated heterocycles. The second-order valence-corrected chi connectivity index (χ2v) is 9.95. The van der Waals surface area contributed by atoms with Crippen LogP contribution >= 0.6 is 0 Å². The van der Waals surface area contributed by atoms with Crippen molar-refractivity contribution < 1.29 is 8.42 Å². The topological polar surface area (TPSA) is 40.6 Å². The van der Waals surface area contributed by atoms with Gasteiger partial charge in [0.15, 0.2) is 0 Å². The van der Waals surface area contributed by atoms with Crippen molar-refractivity contribution in [2.45, 2.75) is 24.8 Å². The Morgan fingerprint density at radius 2 is 1.48 bits per heavy atom. The average molecular weight is 433 g/mol. The third kappa shape index (κ3) is 4.16. The summed E-state index contributed by atoms with van der Waals surface area (Å²) in [6, 6.07) is 25.7. The summed E-state index contributed by atoms with van der Waals surface area (Å²) in [7, 11) is 0.274. The Balaban J connectivity index is 1.78. The van der Waals surface area contributed by atoms with Crippen LogP contribution in [-0.2, 0) is 16.6 Å². The number of hydrogen-bond acceptors (Lipinski definition) is 3. The molecule has 0 radical (unpaired) electrons. The monoisotopic (exact) mass is 432 g/mol. The van der Waals surface area contributed by atoms with Crippen LogP contribution < -0.4 is 4.90 Å². The summed E-state index contributed by atoms with van der Waals surface area (Å²) >= 11 is 0. The summed E-state index contributed by atoms with van der Waals surface area (Å²) in [6.45, 7) is 2.83. The first kappa shape index (κ1) is 21.3. The number of rotatable bonds is 7. The number of fused-ring (bicyclic) bond motifs is 2. The molecule has 0 saturated carbocycles. The third-order valence-electron chi connectivity index (χ3n) is 5.60. The fourth-order valence-corrected chi connectivity index (χ4v) is 5.82. The maximum Gasteiger partial charge on any atom is 0.243 e. The minimum absolute atomic E-state index is 0.352. The molecule has 0 aliphatic rings. The van der Waals surface area contributed by atoms with Gasteiger partial charge in [-0.3, -0.25) is 0 Å². The SMILES string of the molecule is CCCN(Cc1ccc2ccccc2c1)S(=O)(=O)c1cccc2c(N(C)C)cccc12. The molecule has 0 amide bonds. The van der Waals surface area contributed by atoms with Gasteiger partial charge >= 0.3 is 0 Å². The van der Waals surface area contributed by atoms with Crippen molar-refractivity contribution in [3.8, 4) is 0 Å². The van der Waals surface area contributed by atoms with E-state index in [0.29, 0.717) is 18.0 Å². The molecule has 31 heavy (non-hydrogen) atoms. The normalized spacial score (nSPS) is 12.0. The molecule has 4 aromatic carbocycles. The molecular weight excluding hydrogens is 404 g/mol. The lowest BCUT2D eigenvalue weighted by atomic mass is 10.1. The smallest absolute Gasteiger partial charge is 0.243 e. The molecule has 0 unspecified atom stereocenters. The fraction of sp³-hybridized carbons (Fsp3) is 0.231. The highest BCUT2D eigenvalue weighted by Crippen LogP contribution is 2.32. The van der Waals surface area contributed by atoms with Crippen molar-refractivity contribution in [1.29, 1.82) is 0 Å². The lowest BCUT2D eigenvalue weighted by Gasteiger charge is -2.24. The molecule has 0 aromatic heterocycles. The average Bonchev–Trinajstić information content (AvgIpc) is 2.77. The predicted octanol–water partition coefficient (Wildman–Crippen LogP) is 5.66. The van der Waals surface area contributed by atoms with Gasteiger partial charge in [0.05, 0.1) is 4.90 Å². The molecule has 4 rings (SSSR count). The molecule has 0 spiro atoms. The van der Waals surface area contributed by atoms with Gasteiger partial charge < -0.3 is 4.90 Å². The van der Waals surface area contributed by atoms with Crippen molar-refractivity contribution in [3.05, 3.63) is 84.4 Å². The van der Waals surface area contributed by atoms with Gasteiger partial charge in [0.25, 0.3) is 0 Å². The maximum atomic E-state index is 13.8. The van der Waals surface area contributed by atoms with Gasteiger partial charge in [0.1, 0.15) is 0 Å². The van der Waals surface area contributed by atoms with Gasteiger partial charge in [0.2, 0.25) is 10.0 Å². The predicted molar refractivity (Wildman–Crippen MR) is 130 cm³/mol. The zero-order valence-corrected chi connectivity index (χ0v) is 19.1. The Morgan fingerprint density at radius 3 is 2.23 bits per heavy atom. The Kier molecular flexibility index (Phi) is 5.99. The number of sulfonamides is 1. The van der Waals surface area contributed by atoms with Gasteiger partial charge in [-0.15, -0.1) is 0 Å². The Bertz CT molecular complexity index is 1330. The zero-order valence-electron chi connectivity index (χ0n) is 18.2. The van der Waals surface area contributed by atoms with E-state index in [1.807, 2.05) is 74.4 Å². The zero-order chi connectivity index (χ0) is 22.0. The number of nitrogens with zero attached hydrogens (tertiary/aromatic N) is 2. The molecule has 0 atom stereocenters. The van der Waals surface area contributed by atoms with Gasteiger partial charge in [-0.1, -0.05) is 67.6 Å². The largest absolute Gasteiger partial charge is 0.377 e. The number of anilines is 1. The first-order valence-corrected chi connectivity index (χ1v) is 12.0. The minimum atomic E-state index is -3.67. The van der Waals surface area contributed by atoms with Crippen molar-refractivity contribution in [3.63, 3.8) is 0 Å². The Labute approximate surface area is 184 Å². The molecule has 0 aliphatic carbocycles. The van der Waals surface area contributed by atoms with E-state index in [2.05, 4.69) is 24.3 Å². The van der Waals surface area contributed by atoms with Crippen LogP contribution in [-0.4, -0.2) is 33.4 Å². The molecule has 0 heterocycles. The molecule has 0 N–H and O–H groups in total. The highest BCUT2D eigenvalue weighted by Gasteiger charge is 2.26.